The molecule has 0 bridgehead atoms. The van der Waals surface area contributed by atoms with E-state index in [-0.39, 0.29) is 17.6 Å². The number of likely N-dealkylation sites (tertiary alicyclic amines) is 1. The van der Waals surface area contributed by atoms with Crippen molar-refractivity contribution in [2.75, 3.05) is 38.7 Å². The lowest BCUT2D eigenvalue weighted by atomic mass is 10.1. The van der Waals surface area contributed by atoms with Crippen molar-refractivity contribution in [1.29, 1.82) is 0 Å². The number of rotatable bonds is 8. The minimum Gasteiger partial charge on any atom is -0.491 e. The minimum atomic E-state index is -4.55. The Balaban J connectivity index is 1.48. The van der Waals surface area contributed by atoms with E-state index >= 15 is 0 Å². The van der Waals surface area contributed by atoms with E-state index < -0.39 is 17.8 Å². The summed E-state index contributed by atoms with van der Waals surface area (Å²) >= 11 is 0. The lowest BCUT2D eigenvalue weighted by Gasteiger charge is -2.17. The number of carbonyl (C=O) groups excluding carboxylic acids is 1. The number of carbonyl (C=O) groups is 1. The number of hydrogen-bond acceptors (Lipinski definition) is 5. The molecule has 1 aliphatic heterocycles. The number of aromatic nitrogens is 2. The average Bonchev–Trinajstić information content (AvgIpc) is 3.56. The van der Waals surface area contributed by atoms with Crippen LogP contribution in [0, 0.1) is 18.8 Å². The zero-order chi connectivity index (χ0) is 27.1. The molecule has 2 N–H and O–H groups in total. The zero-order valence-corrected chi connectivity index (χ0v) is 21.2. The number of ether oxygens (including phenoxy) is 2. The van der Waals surface area contributed by atoms with Gasteiger partial charge in [0.25, 0.3) is 0 Å². The molecule has 0 radical (unpaired) electrons. The second kappa shape index (κ2) is 12.2. The first kappa shape index (κ1) is 27.2. The van der Waals surface area contributed by atoms with Crippen molar-refractivity contribution in [3.63, 3.8) is 0 Å². The Morgan fingerprint density at radius 2 is 2.11 bits per heavy atom. The fourth-order valence-electron chi connectivity index (χ4n) is 4.18. The number of benzene rings is 2. The van der Waals surface area contributed by atoms with Gasteiger partial charge < -0.3 is 24.7 Å². The van der Waals surface area contributed by atoms with E-state index in [1.807, 2.05) is 25.1 Å². The van der Waals surface area contributed by atoms with Gasteiger partial charge in [0.1, 0.15) is 17.3 Å². The second-order valence-corrected chi connectivity index (χ2v) is 9.08. The Morgan fingerprint density at radius 3 is 2.82 bits per heavy atom. The largest absolute Gasteiger partial charge is 0.491 e. The number of anilines is 1. The summed E-state index contributed by atoms with van der Waals surface area (Å²) in [6, 6.07) is 12.1. The van der Waals surface area contributed by atoms with Crippen LogP contribution in [0.25, 0.3) is 11.4 Å². The van der Waals surface area contributed by atoms with Crippen molar-refractivity contribution < 1.29 is 27.4 Å². The molecule has 1 aliphatic rings. The van der Waals surface area contributed by atoms with Crippen LogP contribution in [0.4, 0.5) is 18.9 Å². The first-order chi connectivity index (χ1) is 18.2. The number of H-pyrrole nitrogens is 1. The summed E-state index contributed by atoms with van der Waals surface area (Å²) in [5.74, 6) is 5.20. The van der Waals surface area contributed by atoms with Crippen LogP contribution in [0.15, 0.2) is 48.7 Å². The SMILES string of the molecule is COC1CCN(CCCOc2ccc(-c3ncc(C(F)(F)F)[nH]3)cc2NC(=O)C#Cc2cccc(C)c2)C1. The summed E-state index contributed by atoms with van der Waals surface area (Å²) in [5, 5.41) is 2.71. The molecule has 200 valence electrons. The molecular weight excluding hydrogens is 497 g/mol. The van der Waals surface area contributed by atoms with Crippen LogP contribution in [-0.2, 0) is 15.7 Å². The maximum absolute atomic E-state index is 13.0. The summed E-state index contributed by atoms with van der Waals surface area (Å²) < 4.78 is 50.4. The fourth-order valence-corrected chi connectivity index (χ4v) is 4.18. The lowest BCUT2D eigenvalue weighted by Crippen LogP contribution is -2.25. The Labute approximate surface area is 219 Å². The predicted octanol–water partition coefficient (Wildman–Crippen LogP) is 4.88. The number of halogens is 3. The molecule has 0 saturated carbocycles. The van der Waals surface area contributed by atoms with E-state index in [4.69, 9.17) is 9.47 Å². The Morgan fingerprint density at radius 1 is 1.26 bits per heavy atom. The van der Waals surface area contributed by atoms with Crippen LogP contribution >= 0.6 is 0 Å². The molecule has 2 aromatic carbocycles. The highest BCUT2D eigenvalue weighted by molar-refractivity contribution is 6.05. The fraction of sp³-hybridized carbons (Fsp3) is 0.357. The van der Waals surface area contributed by atoms with Gasteiger partial charge in [0.15, 0.2) is 0 Å². The van der Waals surface area contributed by atoms with Crippen molar-refractivity contribution in [2.45, 2.75) is 32.0 Å². The maximum atomic E-state index is 13.0. The molecule has 0 spiro atoms. The molecule has 2 heterocycles. The number of alkyl halides is 3. The van der Waals surface area contributed by atoms with Crippen LogP contribution in [0.5, 0.6) is 5.75 Å². The van der Waals surface area contributed by atoms with Crippen molar-refractivity contribution >= 4 is 11.6 Å². The lowest BCUT2D eigenvalue weighted by molar-refractivity contribution is -0.140. The topological polar surface area (TPSA) is 79.5 Å². The highest BCUT2D eigenvalue weighted by atomic mass is 19.4. The third-order valence-corrected chi connectivity index (χ3v) is 6.16. The van der Waals surface area contributed by atoms with Crippen molar-refractivity contribution in [3.05, 3.63) is 65.5 Å². The molecule has 1 amide bonds. The molecule has 1 atom stereocenters. The molecule has 1 fully saturated rings. The normalized spacial score (nSPS) is 15.7. The summed E-state index contributed by atoms with van der Waals surface area (Å²) in [4.78, 5) is 21.1. The highest BCUT2D eigenvalue weighted by Crippen LogP contribution is 2.33. The van der Waals surface area contributed by atoms with E-state index in [9.17, 15) is 18.0 Å². The Kier molecular flexibility index (Phi) is 8.71. The summed E-state index contributed by atoms with van der Waals surface area (Å²) in [7, 11) is 1.72. The third-order valence-electron chi connectivity index (χ3n) is 6.16. The monoisotopic (exact) mass is 526 g/mol. The number of nitrogens with zero attached hydrogens (tertiary/aromatic N) is 2. The van der Waals surface area contributed by atoms with Crippen molar-refractivity contribution in [3.8, 4) is 29.0 Å². The van der Waals surface area contributed by atoms with Crippen LogP contribution in [0.3, 0.4) is 0 Å². The van der Waals surface area contributed by atoms with Gasteiger partial charge in [-0.25, -0.2) is 4.98 Å². The number of amides is 1. The molecule has 1 unspecified atom stereocenters. The predicted molar refractivity (Wildman–Crippen MR) is 138 cm³/mol. The Bertz CT molecular complexity index is 1330. The summed E-state index contributed by atoms with van der Waals surface area (Å²) in [6.07, 6.45) is -1.80. The smallest absolute Gasteiger partial charge is 0.432 e. The number of hydrogen-bond donors (Lipinski definition) is 2. The number of nitrogens with one attached hydrogen (secondary N) is 2. The van der Waals surface area contributed by atoms with E-state index in [0.29, 0.717) is 23.5 Å². The van der Waals surface area contributed by atoms with Gasteiger partial charge in [-0.1, -0.05) is 18.1 Å². The molecule has 7 nitrogen and oxygen atoms in total. The maximum Gasteiger partial charge on any atom is 0.432 e. The molecule has 4 rings (SSSR count). The number of imidazole rings is 1. The van der Waals surface area contributed by atoms with Gasteiger partial charge in [-0.15, -0.1) is 0 Å². The highest BCUT2D eigenvalue weighted by Gasteiger charge is 2.33. The molecule has 10 heteroatoms. The van der Waals surface area contributed by atoms with Crippen LogP contribution in [0.1, 0.15) is 29.7 Å². The molecule has 1 saturated heterocycles. The first-order valence-corrected chi connectivity index (χ1v) is 12.3. The van der Waals surface area contributed by atoms with Crippen LogP contribution < -0.4 is 10.1 Å². The summed E-state index contributed by atoms with van der Waals surface area (Å²) in [5.41, 5.74) is 1.40. The van der Waals surface area contributed by atoms with Gasteiger partial charge in [-0.05, 0) is 55.7 Å². The van der Waals surface area contributed by atoms with Gasteiger partial charge in [-0.3, -0.25) is 4.79 Å². The minimum absolute atomic E-state index is 0.0203. The van der Waals surface area contributed by atoms with Gasteiger partial charge in [0.2, 0.25) is 0 Å². The molecular formula is C28H29F3N4O3. The van der Waals surface area contributed by atoms with E-state index in [2.05, 4.69) is 32.0 Å². The van der Waals surface area contributed by atoms with Gasteiger partial charge in [0, 0.05) is 43.8 Å². The van der Waals surface area contributed by atoms with Gasteiger partial charge in [0.05, 0.1) is 24.6 Å². The third kappa shape index (κ3) is 7.37. The van der Waals surface area contributed by atoms with E-state index in [1.54, 1.807) is 25.3 Å². The molecule has 3 aromatic rings. The van der Waals surface area contributed by atoms with E-state index in [0.717, 1.165) is 44.2 Å². The van der Waals surface area contributed by atoms with Gasteiger partial charge >= 0.3 is 12.1 Å². The molecule has 38 heavy (non-hydrogen) atoms. The van der Waals surface area contributed by atoms with E-state index in [1.165, 1.54) is 6.07 Å². The van der Waals surface area contributed by atoms with Crippen LogP contribution in [-0.4, -0.2) is 60.2 Å². The quantitative estimate of drug-likeness (QED) is 0.323. The first-order valence-electron chi connectivity index (χ1n) is 12.3. The molecule has 1 aromatic heterocycles. The number of methoxy groups -OCH3 is 1. The standard InChI is InChI=1S/C28H29F3N4O3/c1-19-5-3-6-20(15-19)7-10-26(36)33-23-16-21(27-32-17-25(34-27)28(29,30)31)8-9-24(23)38-14-4-12-35-13-11-22(18-35)37-2/h3,5-6,8-9,15-17,22H,4,11-14,18H2,1-2H3,(H,32,34)(H,33,36). The van der Waals surface area contributed by atoms with Crippen LogP contribution in [0.2, 0.25) is 0 Å². The zero-order valence-electron chi connectivity index (χ0n) is 21.2. The Hall–Kier alpha value is -3.81. The summed E-state index contributed by atoms with van der Waals surface area (Å²) in [6.45, 7) is 5.02. The van der Waals surface area contributed by atoms with Gasteiger partial charge in [-0.2, -0.15) is 13.2 Å². The average molecular weight is 527 g/mol. The number of aromatic amines is 1. The molecule has 0 aliphatic carbocycles. The van der Waals surface area contributed by atoms with Crippen molar-refractivity contribution in [2.24, 2.45) is 0 Å². The van der Waals surface area contributed by atoms with Crippen molar-refractivity contribution in [1.82, 2.24) is 14.9 Å². The number of aryl methyl sites for hydroxylation is 1. The second-order valence-electron chi connectivity index (χ2n) is 9.08.